The number of carbonyl (C=O) groups excluding carboxylic acids is 1. The predicted molar refractivity (Wildman–Crippen MR) is 121 cm³/mol. The lowest BCUT2D eigenvalue weighted by atomic mass is 10.1. The van der Waals surface area contributed by atoms with Crippen LogP contribution in [0.25, 0.3) is 10.4 Å². The van der Waals surface area contributed by atoms with Gasteiger partial charge in [0.1, 0.15) is 11.4 Å². The number of aryl methyl sites for hydroxylation is 1. The number of rotatable bonds is 6. The van der Waals surface area contributed by atoms with Crippen molar-refractivity contribution in [3.05, 3.63) is 51.8 Å². The summed E-state index contributed by atoms with van der Waals surface area (Å²) >= 11 is 4.88. The van der Waals surface area contributed by atoms with Crippen LogP contribution in [0, 0.1) is 6.92 Å². The molecule has 0 bridgehead atoms. The van der Waals surface area contributed by atoms with Crippen molar-refractivity contribution in [2.24, 2.45) is 0 Å². The summed E-state index contributed by atoms with van der Waals surface area (Å²) in [5, 5.41) is 4.12. The van der Waals surface area contributed by atoms with Crippen LogP contribution in [0.4, 0.5) is 5.95 Å². The normalized spacial score (nSPS) is 16.0. The molecular weight excluding hydrogens is 466 g/mol. The van der Waals surface area contributed by atoms with Gasteiger partial charge in [0.25, 0.3) is 5.91 Å². The van der Waals surface area contributed by atoms with Crippen LogP contribution in [0.5, 0.6) is 5.75 Å². The molecule has 2 aromatic heterocycles. The molecule has 1 saturated heterocycles. The van der Waals surface area contributed by atoms with Crippen molar-refractivity contribution in [2.45, 2.75) is 25.8 Å². The molecule has 1 amide bonds. The molecule has 9 heteroatoms. The van der Waals surface area contributed by atoms with E-state index >= 15 is 0 Å². The van der Waals surface area contributed by atoms with Crippen LogP contribution in [-0.4, -0.2) is 52.0 Å². The third-order valence-corrected chi connectivity index (χ3v) is 6.47. The number of aromatic nitrogens is 3. The standard InChI is InChI=1S/C21H22BrN5O2S/c1-13-26-18(19(30-13)14-5-7-17(29-2)8-6-14)20(28)27-9-3-4-16(27)12-25-21-23-10-15(22)11-24-21/h5-8,10-11,16H,3-4,9,12H2,1-2H3,(H,23,24,25)/t16-/m0/s1. The fraction of sp³-hybridized carbons (Fsp3) is 0.333. The van der Waals surface area contributed by atoms with Crippen molar-refractivity contribution in [2.75, 3.05) is 25.5 Å². The van der Waals surface area contributed by atoms with Gasteiger partial charge in [-0.3, -0.25) is 4.79 Å². The van der Waals surface area contributed by atoms with E-state index in [1.165, 1.54) is 0 Å². The summed E-state index contributed by atoms with van der Waals surface area (Å²) in [6.07, 6.45) is 5.31. The summed E-state index contributed by atoms with van der Waals surface area (Å²) in [5.74, 6) is 1.32. The Bertz CT molecular complexity index is 1020. The zero-order valence-electron chi connectivity index (χ0n) is 16.8. The predicted octanol–water partition coefficient (Wildman–Crippen LogP) is 4.40. The molecule has 0 aliphatic carbocycles. The lowest BCUT2D eigenvalue weighted by Crippen LogP contribution is -2.40. The van der Waals surface area contributed by atoms with E-state index in [9.17, 15) is 4.79 Å². The first kappa shape index (κ1) is 20.7. The van der Waals surface area contributed by atoms with Crippen LogP contribution in [0.15, 0.2) is 41.1 Å². The van der Waals surface area contributed by atoms with Gasteiger partial charge in [0.2, 0.25) is 5.95 Å². The minimum atomic E-state index is -0.0220. The quantitative estimate of drug-likeness (QED) is 0.554. The number of nitrogens with one attached hydrogen (secondary N) is 1. The van der Waals surface area contributed by atoms with E-state index in [0.717, 1.165) is 45.1 Å². The molecule has 0 radical (unpaired) electrons. The maximum absolute atomic E-state index is 13.4. The molecule has 1 aliphatic rings. The highest BCUT2D eigenvalue weighted by molar-refractivity contribution is 9.10. The fourth-order valence-corrected chi connectivity index (χ4v) is 4.69. The SMILES string of the molecule is COc1ccc(-c2sc(C)nc2C(=O)N2CCC[C@H]2CNc2ncc(Br)cn2)cc1. The summed E-state index contributed by atoms with van der Waals surface area (Å²) in [5.41, 5.74) is 1.50. The van der Waals surface area contributed by atoms with Crippen molar-refractivity contribution in [1.29, 1.82) is 0 Å². The second-order valence-electron chi connectivity index (χ2n) is 7.04. The number of ether oxygens (including phenoxy) is 1. The topological polar surface area (TPSA) is 80.2 Å². The van der Waals surface area contributed by atoms with E-state index in [0.29, 0.717) is 18.2 Å². The first-order valence-corrected chi connectivity index (χ1v) is 11.3. The van der Waals surface area contributed by atoms with Gasteiger partial charge in [0.05, 0.1) is 21.5 Å². The van der Waals surface area contributed by atoms with E-state index in [1.54, 1.807) is 30.8 Å². The Morgan fingerprint density at radius 3 is 2.73 bits per heavy atom. The number of methoxy groups -OCH3 is 1. The summed E-state index contributed by atoms with van der Waals surface area (Å²) < 4.78 is 6.08. The Hall–Kier alpha value is -2.52. The molecule has 1 N–H and O–H groups in total. The second-order valence-corrected chi connectivity index (χ2v) is 9.16. The molecular formula is C21H22BrN5O2S. The van der Waals surface area contributed by atoms with Crippen LogP contribution in [0.1, 0.15) is 28.3 Å². The highest BCUT2D eigenvalue weighted by Gasteiger charge is 2.32. The number of thiazole rings is 1. The zero-order chi connectivity index (χ0) is 21.1. The minimum Gasteiger partial charge on any atom is -0.497 e. The number of hydrogen-bond donors (Lipinski definition) is 1. The van der Waals surface area contributed by atoms with Gasteiger partial charge >= 0.3 is 0 Å². The van der Waals surface area contributed by atoms with Crippen molar-refractivity contribution in [3.63, 3.8) is 0 Å². The summed E-state index contributed by atoms with van der Waals surface area (Å²) in [7, 11) is 1.64. The minimum absolute atomic E-state index is 0.0220. The van der Waals surface area contributed by atoms with E-state index in [4.69, 9.17) is 4.74 Å². The number of carbonyl (C=O) groups is 1. The van der Waals surface area contributed by atoms with Crippen LogP contribution < -0.4 is 10.1 Å². The molecule has 0 saturated carbocycles. The van der Waals surface area contributed by atoms with Gasteiger partial charge in [-0.2, -0.15) is 0 Å². The number of halogens is 1. The summed E-state index contributed by atoms with van der Waals surface area (Å²) in [6.45, 7) is 3.27. The Labute approximate surface area is 187 Å². The molecule has 4 rings (SSSR count). The molecule has 1 fully saturated rings. The molecule has 30 heavy (non-hydrogen) atoms. The maximum atomic E-state index is 13.4. The van der Waals surface area contributed by atoms with Crippen LogP contribution in [0.3, 0.4) is 0 Å². The fourth-order valence-electron chi connectivity index (χ4n) is 3.57. The molecule has 3 aromatic rings. The Morgan fingerprint density at radius 1 is 1.30 bits per heavy atom. The van der Waals surface area contributed by atoms with Gasteiger partial charge in [0, 0.05) is 31.5 Å². The number of hydrogen-bond acceptors (Lipinski definition) is 7. The molecule has 0 spiro atoms. The van der Waals surface area contributed by atoms with Gasteiger partial charge in [-0.15, -0.1) is 11.3 Å². The smallest absolute Gasteiger partial charge is 0.274 e. The lowest BCUT2D eigenvalue weighted by Gasteiger charge is -2.24. The van der Waals surface area contributed by atoms with Crippen LogP contribution >= 0.6 is 27.3 Å². The number of anilines is 1. The van der Waals surface area contributed by atoms with Gasteiger partial charge in [0.15, 0.2) is 0 Å². The van der Waals surface area contributed by atoms with Gasteiger partial charge in [-0.05, 0) is 65.5 Å². The molecule has 1 aromatic carbocycles. The average molecular weight is 488 g/mol. The van der Waals surface area contributed by atoms with Gasteiger partial charge < -0.3 is 15.0 Å². The summed E-state index contributed by atoms with van der Waals surface area (Å²) in [4.78, 5) is 29.3. The highest BCUT2D eigenvalue weighted by Crippen LogP contribution is 2.33. The van der Waals surface area contributed by atoms with E-state index in [1.807, 2.05) is 36.1 Å². The van der Waals surface area contributed by atoms with Crippen molar-refractivity contribution in [1.82, 2.24) is 19.9 Å². The Kier molecular flexibility index (Phi) is 6.29. The Balaban J connectivity index is 1.52. The van der Waals surface area contributed by atoms with Crippen molar-refractivity contribution in [3.8, 4) is 16.2 Å². The number of nitrogens with zero attached hydrogens (tertiary/aromatic N) is 4. The lowest BCUT2D eigenvalue weighted by molar-refractivity contribution is 0.0739. The van der Waals surface area contributed by atoms with Gasteiger partial charge in [-0.25, -0.2) is 15.0 Å². The van der Waals surface area contributed by atoms with Crippen molar-refractivity contribution < 1.29 is 9.53 Å². The molecule has 3 heterocycles. The Morgan fingerprint density at radius 2 is 2.03 bits per heavy atom. The monoisotopic (exact) mass is 487 g/mol. The molecule has 1 aliphatic heterocycles. The van der Waals surface area contributed by atoms with Gasteiger partial charge in [-0.1, -0.05) is 0 Å². The molecule has 0 unspecified atom stereocenters. The largest absolute Gasteiger partial charge is 0.497 e. The van der Waals surface area contributed by atoms with Crippen molar-refractivity contribution >= 4 is 39.1 Å². The average Bonchev–Trinajstić information content (AvgIpc) is 3.39. The second kappa shape index (κ2) is 9.09. The number of amides is 1. The highest BCUT2D eigenvalue weighted by atomic mass is 79.9. The maximum Gasteiger partial charge on any atom is 0.274 e. The first-order chi connectivity index (χ1) is 14.5. The summed E-state index contributed by atoms with van der Waals surface area (Å²) in [6, 6.07) is 7.82. The van der Waals surface area contributed by atoms with Crippen LogP contribution in [0.2, 0.25) is 0 Å². The third-order valence-electron chi connectivity index (χ3n) is 5.04. The van der Waals surface area contributed by atoms with E-state index in [2.05, 4.69) is 36.2 Å². The third kappa shape index (κ3) is 4.46. The molecule has 1 atom stereocenters. The van der Waals surface area contributed by atoms with E-state index in [-0.39, 0.29) is 11.9 Å². The van der Waals surface area contributed by atoms with Crippen LogP contribution in [-0.2, 0) is 0 Å². The van der Waals surface area contributed by atoms with E-state index < -0.39 is 0 Å². The molecule has 7 nitrogen and oxygen atoms in total. The number of benzene rings is 1. The zero-order valence-corrected chi connectivity index (χ0v) is 19.2. The first-order valence-electron chi connectivity index (χ1n) is 9.69. The molecule has 156 valence electrons. The number of likely N-dealkylation sites (tertiary alicyclic amines) is 1.